The number of carbonyl (C=O) groups excluding carboxylic acids is 1. The molecule has 0 aliphatic carbocycles. The molecule has 0 aromatic carbocycles. The van der Waals surface area contributed by atoms with Gasteiger partial charge in [-0.1, -0.05) is 0 Å². The van der Waals surface area contributed by atoms with Crippen molar-refractivity contribution >= 4 is 5.91 Å². The minimum atomic E-state index is -1.24. The third-order valence-corrected chi connectivity index (χ3v) is 2.57. The topological polar surface area (TPSA) is 126 Å². The van der Waals surface area contributed by atoms with Crippen molar-refractivity contribution in [3.8, 4) is 6.07 Å². The van der Waals surface area contributed by atoms with Gasteiger partial charge in [0.2, 0.25) is 5.91 Å². The molecular weight excluding hydrogens is 250 g/mol. The molecule has 0 spiro atoms. The Morgan fingerprint density at radius 1 is 1.58 bits per heavy atom. The van der Waals surface area contributed by atoms with Crippen LogP contribution in [0.15, 0.2) is 17.1 Å². The molecule has 0 fully saturated rings. The Hall–Kier alpha value is -2.17. The van der Waals surface area contributed by atoms with Crippen LogP contribution >= 0.6 is 0 Å². The van der Waals surface area contributed by atoms with Crippen LogP contribution in [0.2, 0.25) is 0 Å². The van der Waals surface area contributed by atoms with Crippen LogP contribution in [-0.4, -0.2) is 33.8 Å². The van der Waals surface area contributed by atoms with Crippen molar-refractivity contribution in [3.63, 3.8) is 0 Å². The number of aliphatic hydroxyl groups excluding tert-OH is 2. The van der Waals surface area contributed by atoms with Gasteiger partial charge in [-0.3, -0.25) is 9.59 Å². The Bertz CT molecular complexity index is 547. The first-order valence-electron chi connectivity index (χ1n) is 5.69. The van der Waals surface area contributed by atoms with Gasteiger partial charge < -0.3 is 20.5 Å². The molecule has 0 aliphatic rings. The summed E-state index contributed by atoms with van der Waals surface area (Å²) >= 11 is 0. The summed E-state index contributed by atoms with van der Waals surface area (Å²) in [5.74, 6) is -0.225. The summed E-state index contributed by atoms with van der Waals surface area (Å²) in [7, 11) is 0. The van der Waals surface area contributed by atoms with Crippen molar-refractivity contribution in [2.24, 2.45) is 0 Å². The summed E-state index contributed by atoms with van der Waals surface area (Å²) < 4.78 is 0. The normalized spacial score (nSPS) is 13.4. The number of nitrogens with one attached hydrogen (secondary N) is 2. The van der Waals surface area contributed by atoms with Gasteiger partial charge in [-0.15, -0.1) is 0 Å². The number of H-pyrrole nitrogens is 1. The molecule has 0 saturated heterocycles. The summed E-state index contributed by atoms with van der Waals surface area (Å²) in [4.78, 5) is 24.1. The maximum absolute atomic E-state index is 11.2. The molecule has 0 radical (unpaired) electrons. The molecule has 2 atom stereocenters. The lowest BCUT2D eigenvalue weighted by atomic mass is 10.0. The Balaban J connectivity index is 2.71. The number of carbonyl (C=O) groups is 1. The van der Waals surface area contributed by atoms with E-state index in [1.807, 2.05) is 0 Å². The standard InChI is InChI=1S/C12H15N3O4/c1-7(16)14-3-2-10(17)11(18)9-4-8(5-13)12(19)15-6-9/h4,6,10-11,17-18H,2-3H2,1H3,(H,14,16)(H,15,19). The van der Waals surface area contributed by atoms with E-state index >= 15 is 0 Å². The van der Waals surface area contributed by atoms with Gasteiger partial charge >= 0.3 is 0 Å². The average Bonchev–Trinajstić information content (AvgIpc) is 2.38. The van der Waals surface area contributed by atoms with Gasteiger partial charge in [0, 0.05) is 25.2 Å². The summed E-state index contributed by atoms with van der Waals surface area (Å²) in [5, 5.41) is 30.8. The number of nitriles is 1. The maximum atomic E-state index is 11.2. The minimum absolute atomic E-state index is 0.134. The lowest BCUT2D eigenvalue weighted by Crippen LogP contribution is -2.28. The van der Waals surface area contributed by atoms with Crippen molar-refractivity contribution in [2.75, 3.05) is 6.54 Å². The highest BCUT2D eigenvalue weighted by Crippen LogP contribution is 2.17. The van der Waals surface area contributed by atoms with Gasteiger partial charge in [0.1, 0.15) is 17.7 Å². The highest BCUT2D eigenvalue weighted by molar-refractivity contribution is 5.72. The van der Waals surface area contributed by atoms with Crippen molar-refractivity contribution < 1.29 is 15.0 Å². The van der Waals surface area contributed by atoms with E-state index in [-0.39, 0.29) is 30.0 Å². The number of hydrogen-bond donors (Lipinski definition) is 4. The lowest BCUT2D eigenvalue weighted by Gasteiger charge is -2.18. The molecule has 0 bridgehead atoms. The van der Waals surface area contributed by atoms with Crippen LogP contribution < -0.4 is 10.9 Å². The van der Waals surface area contributed by atoms with Gasteiger partial charge in [-0.25, -0.2) is 0 Å². The summed E-state index contributed by atoms with van der Waals surface area (Å²) in [6, 6.07) is 2.92. The first-order valence-corrected chi connectivity index (χ1v) is 5.69. The number of aromatic nitrogens is 1. The first kappa shape index (κ1) is 14.9. The molecule has 19 heavy (non-hydrogen) atoms. The van der Waals surface area contributed by atoms with Crippen LogP contribution in [0.25, 0.3) is 0 Å². The van der Waals surface area contributed by atoms with Crippen LogP contribution in [-0.2, 0) is 4.79 Å². The Morgan fingerprint density at radius 2 is 2.26 bits per heavy atom. The predicted octanol–water partition coefficient (Wildman–Crippen LogP) is -0.833. The lowest BCUT2D eigenvalue weighted by molar-refractivity contribution is -0.119. The molecule has 7 heteroatoms. The van der Waals surface area contributed by atoms with Crippen LogP contribution in [0.5, 0.6) is 0 Å². The van der Waals surface area contributed by atoms with Gasteiger partial charge in [0.05, 0.1) is 6.10 Å². The zero-order valence-corrected chi connectivity index (χ0v) is 10.4. The molecule has 0 saturated carbocycles. The number of aromatic amines is 1. The number of rotatable bonds is 5. The van der Waals surface area contributed by atoms with Gasteiger partial charge in [-0.2, -0.15) is 5.26 Å². The zero-order valence-electron chi connectivity index (χ0n) is 10.4. The molecule has 1 rings (SSSR count). The molecule has 1 heterocycles. The van der Waals surface area contributed by atoms with E-state index in [1.165, 1.54) is 19.2 Å². The highest BCUT2D eigenvalue weighted by atomic mass is 16.3. The molecule has 2 unspecified atom stereocenters. The molecule has 1 aromatic rings. The van der Waals surface area contributed by atoms with Crippen molar-refractivity contribution in [3.05, 3.63) is 33.7 Å². The van der Waals surface area contributed by atoms with Crippen molar-refractivity contribution in [2.45, 2.75) is 25.6 Å². The van der Waals surface area contributed by atoms with Gasteiger partial charge in [-0.05, 0) is 12.5 Å². The minimum Gasteiger partial charge on any atom is -0.390 e. The Labute approximate surface area is 109 Å². The molecule has 1 amide bonds. The van der Waals surface area contributed by atoms with E-state index in [0.29, 0.717) is 0 Å². The Kier molecular flexibility index (Phi) is 5.23. The predicted molar refractivity (Wildman–Crippen MR) is 66.0 cm³/mol. The SMILES string of the molecule is CC(=O)NCCC(O)C(O)c1c[nH]c(=O)c(C#N)c1. The smallest absolute Gasteiger partial charge is 0.265 e. The highest BCUT2D eigenvalue weighted by Gasteiger charge is 2.19. The number of pyridine rings is 1. The quantitative estimate of drug-likeness (QED) is 0.552. The maximum Gasteiger partial charge on any atom is 0.265 e. The van der Waals surface area contributed by atoms with Crippen molar-refractivity contribution in [1.29, 1.82) is 5.26 Å². The zero-order chi connectivity index (χ0) is 14.4. The van der Waals surface area contributed by atoms with Gasteiger partial charge in [0.15, 0.2) is 0 Å². The Morgan fingerprint density at radius 3 is 2.84 bits per heavy atom. The number of nitrogens with zero attached hydrogens (tertiary/aromatic N) is 1. The first-order chi connectivity index (χ1) is 8.95. The second kappa shape index (κ2) is 6.68. The third-order valence-electron chi connectivity index (χ3n) is 2.57. The molecule has 102 valence electrons. The molecule has 4 N–H and O–H groups in total. The van der Waals surface area contributed by atoms with Crippen LogP contribution in [0, 0.1) is 11.3 Å². The number of amides is 1. The van der Waals surface area contributed by atoms with Crippen LogP contribution in [0.1, 0.15) is 30.6 Å². The van der Waals surface area contributed by atoms with E-state index in [9.17, 15) is 19.8 Å². The third kappa shape index (κ3) is 4.21. The van der Waals surface area contributed by atoms with Crippen LogP contribution in [0.4, 0.5) is 0 Å². The second-order valence-corrected chi connectivity index (χ2v) is 4.07. The molecule has 0 aliphatic heterocycles. The van der Waals surface area contributed by atoms with Crippen molar-refractivity contribution in [1.82, 2.24) is 10.3 Å². The fourth-order valence-electron chi connectivity index (χ4n) is 1.53. The van der Waals surface area contributed by atoms with E-state index in [4.69, 9.17) is 5.26 Å². The average molecular weight is 265 g/mol. The number of aliphatic hydroxyl groups is 2. The largest absolute Gasteiger partial charge is 0.390 e. The summed E-state index contributed by atoms with van der Waals surface area (Å²) in [6.45, 7) is 1.58. The van der Waals surface area contributed by atoms with Gasteiger partial charge in [0.25, 0.3) is 5.56 Å². The molecule has 1 aromatic heterocycles. The van der Waals surface area contributed by atoms with Crippen LogP contribution in [0.3, 0.4) is 0 Å². The molecular formula is C12H15N3O4. The van der Waals surface area contributed by atoms with E-state index < -0.39 is 17.8 Å². The summed E-state index contributed by atoms with van der Waals surface area (Å²) in [6.07, 6.45) is -0.945. The molecule has 7 nitrogen and oxygen atoms in total. The van der Waals surface area contributed by atoms with E-state index in [2.05, 4.69) is 10.3 Å². The van der Waals surface area contributed by atoms with E-state index in [0.717, 1.165) is 0 Å². The summed E-state index contributed by atoms with van der Waals surface area (Å²) in [5.41, 5.74) is -0.441. The fraction of sp³-hybridized carbons (Fsp3) is 0.417. The fourth-order valence-corrected chi connectivity index (χ4v) is 1.53. The number of hydrogen-bond acceptors (Lipinski definition) is 5. The monoisotopic (exact) mass is 265 g/mol. The van der Waals surface area contributed by atoms with E-state index in [1.54, 1.807) is 6.07 Å². The second-order valence-electron chi connectivity index (χ2n) is 4.07.